The number of H-pyrrole nitrogens is 1. The number of nitrogens with one attached hydrogen (secondary N) is 2. The summed E-state index contributed by atoms with van der Waals surface area (Å²) in [5.74, 6) is 1.38. The van der Waals surface area contributed by atoms with Crippen molar-refractivity contribution in [2.24, 2.45) is 5.92 Å². The number of hydrogen-bond acceptors (Lipinski definition) is 5. The summed E-state index contributed by atoms with van der Waals surface area (Å²) in [5.41, 5.74) is 2.20. The third-order valence-electron chi connectivity index (χ3n) is 6.30. The van der Waals surface area contributed by atoms with Crippen LogP contribution in [0.4, 0.5) is 0 Å². The minimum atomic E-state index is -0.301. The first-order chi connectivity index (χ1) is 15.2. The topological polar surface area (TPSA) is 95.9 Å². The Balaban J connectivity index is 1.28. The lowest BCUT2D eigenvalue weighted by atomic mass is 9.83. The average molecular weight is 419 g/mol. The highest BCUT2D eigenvalue weighted by Crippen LogP contribution is 2.35. The van der Waals surface area contributed by atoms with Crippen LogP contribution in [0.3, 0.4) is 0 Å². The molecule has 0 saturated carbocycles. The van der Waals surface area contributed by atoms with Crippen molar-refractivity contribution in [1.29, 1.82) is 0 Å². The molecule has 2 bridgehead atoms. The lowest BCUT2D eigenvalue weighted by Gasteiger charge is -2.42. The summed E-state index contributed by atoms with van der Waals surface area (Å²) in [6.07, 6.45) is 8.89. The van der Waals surface area contributed by atoms with Gasteiger partial charge in [0, 0.05) is 62.6 Å². The van der Waals surface area contributed by atoms with E-state index in [0.29, 0.717) is 31.3 Å². The third kappa shape index (κ3) is 4.16. The van der Waals surface area contributed by atoms with E-state index in [4.69, 9.17) is 0 Å². The van der Waals surface area contributed by atoms with Gasteiger partial charge in [0.15, 0.2) is 0 Å². The van der Waals surface area contributed by atoms with Gasteiger partial charge in [0.05, 0.1) is 6.54 Å². The predicted molar refractivity (Wildman–Crippen MR) is 116 cm³/mol. The zero-order valence-corrected chi connectivity index (χ0v) is 17.3. The van der Waals surface area contributed by atoms with Gasteiger partial charge < -0.3 is 14.9 Å². The average Bonchev–Trinajstić information content (AvgIpc) is 3.28. The lowest BCUT2D eigenvalue weighted by molar-refractivity contribution is 0.0946. The maximum atomic E-state index is 13.1. The molecule has 5 heterocycles. The van der Waals surface area contributed by atoms with Gasteiger partial charge in [-0.05, 0) is 48.6 Å². The van der Waals surface area contributed by atoms with Crippen molar-refractivity contribution in [2.75, 3.05) is 19.6 Å². The zero-order chi connectivity index (χ0) is 21.2. The van der Waals surface area contributed by atoms with Crippen LogP contribution >= 0.6 is 0 Å². The fourth-order valence-electron chi connectivity index (χ4n) is 4.91. The highest BCUT2D eigenvalue weighted by molar-refractivity contribution is 5.93. The summed E-state index contributed by atoms with van der Waals surface area (Å²) in [6, 6.07) is 7.51. The van der Waals surface area contributed by atoms with Gasteiger partial charge in [-0.25, -0.2) is 4.98 Å². The normalized spacial score (nSPS) is 20.3. The Bertz CT molecular complexity index is 1110. The number of rotatable bonds is 6. The standard InChI is InChI=1S/C23H26N6O2/c30-22(27-8-5-16-3-6-24-7-4-16)19-1-2-20-18-11-17(13-29(20)23(19)31)12-28(14-18)15-21-25-9-10-26-21/h1-4,6-7,9-10,17-18H,5,8,11-15H2,(H,25,26)(H,27,30)/t17-,18+/m0/s1. The van der Waals surface area contributed by atoms with Crippen LogP contribution in [-0.2, 0) is 19.5 Å². The molecule has 8 nitrogen and oxygen atoms in total. The number of imidazole rings is 1. The van der Waals surface area contributed by atoms with Crippen LogP contribution in [-0.4, -0.2) is 50.0 Å². The number of likely N-dealkylation sites (tertiary alicyclic amines) is 1. The number of piperidine rings is 1. The molecule has 8 heteroatoms. The highest BCUT2D eigenvalue weighted by Gasteiger charge is 2.35. The van der Waals surface area contributed by atoms with E-state index in [9.17, 15) is 9.59 Å². The number of hydrogen-bond donors (Lipinski definition) is 2. The van der Waals surface area contributed by atoms with Crippen LogP contribution in [0.2, 0.25) is 0 Å². The van der Waals surface area contributed by atoms with E-state index in [1.165, 1.54) is 0 Å². The maximum absolute atomic E-state index is 13.1. The second-order valence-electron chi connectivity index (χ2n) is 8.48. The Kier molecular flexibility index (Phi) is 5.38. The van der Waals surface area contributed by atoms with Gasteiger partial charge in [-0.3, -0.25) is 19.5 Å². The summed E-state index contributed by atoms with van der Waals surface area (Å²) < 4.78 is 1.83. The molecule has 2 N–H and O–H groups in total. The third-order valence-corrected chi connectivity index (χ3v) is 6.30. The molecule has 0 unspecified atom stereocenters. The number of carbonyl (C=O) groups is 1. The minimum Gasteiger partial charge on any atom is -0.352 e. The monoisotopic (exact) mass is 418 g/mol. The minimum absolute atomic E-state index is 0.173. The Morgan fingerprint density at radius 2 is 2.00 bits per heavy atom. The molecule has 2 aliphatic heterocycles. The number of nitrogens with zero attached hydrogens (tertiary/aromatic N) is 4. The van der Waals surface area contributed by atoms with Crippen molar-refractivity contribution >= 4 is 5.91 Å². The van der Waals surface area contributed by atoms with Crippen LogP contribution < -0.4 is 10.9 Å². The van der Waals surface area contributed by atoms with Gasteiger partial charge >= 0.3 is 0 Å². The number of carbonyl (C=O) groups excluding carboxylic acids is 1. The van der Waals surface area contributed by atoms with E-state index in [1.54, 1.807) is 24.7 Å². The maximum Gasteiger partial charge on any atom is 0.263 e. The van der Waals surface area contributed by atoms with E-state index >= 15 is 0 Å². The number of fused-ring (bicyclic) bond motifs is 4. The first-order valence-electron chi connectivity index (χ1n) is 10.8. The number of aromatic nitrogens is 4. The largest absolute Gasteiger partial charge is 0.352 e. The predicted octanol–water partition coefficient (Wildman–Crippen LogP) is 1.56. The van der Waals surface area contributed by atoms with Gasteiger partial charge in [0.2, 0.25) is 0 Å². The molecule has 1 fully saturated rings. The first kappa shape index (κ1) is 19.7. The van der Waals surface area contributed by atoms with Gasteiger partial charge in [0.25, 0.3) is 11.5 Å². The first-order valence-corrected chi connectivity index (χ1v) is 10.8. The Morgan fingerprint density at radius 3 is 2.81 bits per heavy atom. The molecule has 0 radical (unpaired) electrons. The molecular weight excluding hydrogens is 392 g/mol. The van der Waals surface area contributed by atoms with Crippen LogP contribution in [0.25, 0.3) is 0 Å². The molecule has 3 aromatic rings. The summed E-state index contributed by atoms with van der Waals surface area (Å²) in [7, 11) is 0. The fourth-order valence-corrected chi connectivity index (χ4v) is 4.91. The van der Waals surface area contributed by atoms with Crippen molar-refractivity contribution in [2.45, 2.75) is 31.8 Å². The van der Waals surface area contributed by atoms with E-state index in [-0.39, 0.29) is 17.0 Å². The number of aromatic amines is 1. The molecule has 0 aromatic carbocycles. The van der Waals surface area contributed by atoms with Gasteiger partial charge in [0.1, 0.15) is 11.4 Å². The van der Waals surface area contributed by atoms with Gasteiger partial charge in [-0.2, -0.15) is 0 Å². The summed E-state index contributed by atoms with van der Waals surface area (Å²) in [4.78, 5) is 39.7. The molecule has 3 aromatic heterocycles. The quantitative estimate of drug-likeness (QED) is 0.633. The smallest absolute Gasteiger partial charge is 0.263 e. The highest BCUT2D eigenvalue weighted by atomic mass is 16.2. The second kappa shape index (κ2) is 8.47. The molecule has 0 spiro atoms. The Hall–Kier alpha value is -3.26. The molecule has 160 valence electrons. The zero-order valence-electron chi connectivity index (χ0n) is 17.3. The molecule has 1 saturated heterocycles. The molecule has 0 aliphatic carbocycles. The summed E-state index contributed by atoms with van der Waals surface area (Å²) >= 11 is 0. The van der Waals surface area contributed by atoms with Crippen molar-refractivity contribution < 1.29 is 4.79 Å². The molecule has 1 amide bonds. The fraction of sp³-hybridized carbons (Fsp3) is 0.391. The molecule has 31 heavy (non-hydrogen) atoms. The molecule has 2 atom stereocenters. The van der Waals surface area contributed by atoms with Crippen molar-refractivity contribution in [1.82, 2.24) is 29.7 Å². The van der Waals surface area contributed by atoms with E-state index < -0.39 is 0 Å². The summed E-state index contributed by atoms with van der Waals surface area (Å²) in [5, 5.41) is 2.89. The molecule has 2 aliphatic rings. The Labute approximate surface area is 180 Å². The van der Waals surface area contributed by atoms with Crippen LogP contribution in [0.1, 0.15) is 39.8 Å². The SMILES string of the molecule is O=C(NCCc1ccncc1)c1ccc2n(c1=O)C[C@H]1C[C@@H]2CN(Cc2ncc[nH]2)C1. The van der Waals surface area contributed by atoms with Crippen LogP contribution in [0.15, 0.2) is 53.8 Å². The van der Waals surface area contributed by atoms with Crippen molar-refractivity contribution in [3.05, 3.63) is 82.1 Å². The number of amides is 1. The van der Waals surface area contributed by atoms with Gasteiger partial charge in [-0.15, -0.1) is 0 Å². The Morgan fingerprint density at radius 1 is 1.13 bits per heavy atom. The van der Waals surface area contributed by atoms with Crippen molar-refractivity contribution in [3.8, 4) is 0 Å². The van der Waals surface area contributed by atoms with E-state index in [2.05, 4.69) is 25.2 Å². The van der Waals surface area contributed by atoms with E-state index in [0.717, 1.165) is 43.1 Å². The van der Waals surface area contributed by atoms with Crippen molar-refractivity contribution in [3.63, 3.8) is 0 Å². The molecular formula is C23H26N6O2. The van der Waals surface area contributed by atoms with Crippen LogP contribution in [0, 0.1) is 5.92 Å². The summed E-state index contributed by atoms with van der Waals surface area (Å²) in [6.45, 7) is 3.77. The lowest BCUT2D eigenvalue weighted by Crippen LogP contribution is -2.47. The second-order valence-corrected chi connectivity index (χ2v) is 8.48. The van der Waals surface area contributed by atoms with E-state index in [1.807, 2.05) is 29.0 Å². The number of pyridine rings is 2. The molecule has 5 rings (SSSR count). The van der Waals surface area contributed by atoms with Crippen LogP contribution in [0.5, 0.6) is 0 Å². The van der Waals surface area contributed by atoms with Gasteiger partial charge in [-0.1, -0.05) is 0 Å².